The Bertz CT molecular complexity index is 1210. The number of methoxy groups -OCH3 is 2. The molecule has 5 rings (SSSR count). The molecule has 33 heavy (non-hydrogen) atoms. The minimum absolute atomic E-state index is 0.0761. The predicted octanol–water partition coefficient (Wildman–Crippen LogP) is 3.63. The van der Waals surface area contributed by atoms with Crippen LogP contribution in [0.2, 0.25) is 0 Å². The van der Waals surface area contributed by atoms with Crippen molar-refractivity contribution in [2.75, 3.05) is 31.0 Å². The summed E-state index contributed by atoms with van der Waals surface area (Å²) in [6, 6.07) is 14.9. The van der Waals surface area contributed by atoms with Crippen molar-refractivity contribution in [3.05, 3.63) is 59.8 Å². The number of fused-ring (bicyclic) bond motifs is 1. The molecule has 1 fully saturated rings. The van der Waals surface area contributed by atoms with Crippen LogP contribution in [0.3, 0.4) is 0 Å². The van der Waals surface area contributed by atoms with Gasteiger partial charge in [0.15, 0.2) is 0 Å². The van der Waals surface area contributed by atoms with Gasteiger partial charge in [0.25, 0.3) is 0 Å². The smallest absolute Gasteiger partial charge is 0.230 e. The van der Waals surface area contributed by atoms with Crippen molar-refractivity contribution in [1.29, 1.82) is 0 Å². The van der Waals surface area contributed by atoms with Crippen LogP contribution >= 0.6 is 11.8 Å². The molecule has 1 aromatic heterocycles. The first-order valence-corrected chi connectivity index (χ1v) is 11.8. The van der Waals surface area contributed by atoms with Crippen LogP contribution in [0.25, 0.3) is 5.69 Å². The average Bonchev–Trinajstić information content (AvgIpc) is 3.55. The second kappa shape index (κ2) is 8.82. The van der Waals surface area contributed by atoms with E-state index in [9.17, 15) is 9.59 Å². The number of nitrogens with zero attached hydrogens (tertiary/aromatic N) is 3. The number of carbonyl (C=O) groups excluding carboxylic acids is 2. The van der Waals surface area contributed by atoms with Gasteiger partial charge >= 0.3 is 0 Å². The first-order chi connectivity index (χ1) is 16.1. The van der Waals surface area contributed by atoms with Gasteiger partial charge in [0, 0.05) is 41.8 Å². The number of benzene rings is 2. The van der Waals surface area contributed by atoms with E-state index in [1.54, 1.807) is 41.6 Å². The molecule has 0 spiro atoms. The van der Waals surface area contributed by atoms with Gasteiger partial charge < -0.3 is 19.7 Å². The molecule has 9 heteroatoms. The highest BCUT2D eigenvalue weighted by Gasteiger charge is 2.36. The number of thioether (sulfide) groups is 1. The van der Waals surface area contributed by atoms with Crippen LogP contribution in [-0.4, -0.2) is 42.4 Å². The zero-order chi connectivity index (χ0) is 22.9. The van der Waals surface area contributed by atoms with Crippen molar-refractivity contribution in [3.8, 4) is 17.2 Å². The maximum absolute atomic E-state index is 13.3. The largest absolute Gasteiger partial charge is 0.497 e. The number of aromatic nitrogens is 2. The van der Waals surface area contributed by atoms with Gasteiger partial charge in [0.05, 0.1) is 31.5 Å². The molecule has 2 aliphatic heterocycles. The van der Waals surface area contributed by atoms with Crippen molar-refractivity contribution < 1.29 is 19.1 Å². The van der Waals surface area contributed by atoms with E-state index in [0.29, 0.717) is 18.1 Å². The van der Waals surface area contributed by atoms with Crippen LogP contribution < -0.4 is 19.7 Å². The summed E-state index contributed by atoms with van der Waals surface area (Å²) in [7, 11) is 3.21. The highest BCUT2D eigenvalue weighted by Crippen LogP contribution is 2.37. The number of rotatable bonds is 6. The fraction of sp³-hybridized carbons (Fsp3) is 0.292. The summed E-state index contributed by atoms with van der Waals surface area (Å²) in [6.07, 6.45) is 0.163. The van der Waals surface area contributed by atoms with E-state index in [2.05, 4.69) is 5.32 Å². The van der Waals surface area contributed by atoms with Crippen LogP contribution in [0.5, 0.6) is 11.5 Å². The van der Waals surface area contributed by atoms with E-state index in [-0.39, 0.29) is 18.2 Å². The molecule has 8 nitrogen and oxygen atoms in total. The molecular formula is C24H24N4O4S. The molecule has 2 amide bonds. The fourth-order valence-electron chi connectivity index (χ4n) is 4.18. The third-order valence-corrected chi connectivity index (χ3v) is 6.94. The minimum Gasteiger partial charge on any atom is -0.497 e. The van der Waals surface area contributed by atoms with Crippen LogP contribution in [-0.2, 0) is 21.1 Å². The molecule has 2 aromatic carbocycles. The van der Waals surface area contributed by atoms with Crippen molar-refractivity contribution in [3.63, 3.8) is 0 Å². The van der Waals surface area contributed by atoms with Crippen molar-refractivity contribution in [1.82, 2.24) is 9.78 Å². The number of amides is 2. The van der Waals surface area contributed by atoms with Crippen molar-refractivity contribution >= 4 is 35.1 Å². The lowest BCUT2D eigenvalue weighted by Crippen LogP contribution is -2.28. The number of hydrogen-bond donors (Lipinski definition) is 1. The van der Waals surface area contributed by atoms with Crippen LogP contribution in [0.15, 0.2) is 48.5 Å². The van der Waals surface area contributed by atoms with Crippen molar-refractivity contribution in [2.45, 2.75) is 17.9 Å². The summed E-state index contributed by atoms with van der Waals surface area (Å²) in [5.41, 5.74) is 3.59. The number of carbonyl (C=O) groups is 2. The molecule has 1 unspecified atom stereocenters. The molecule has 1 N–H and O–H groups in total. The highest BCUT2D eigenvalue weighted by atomic mass is 32.2. The third kappa shape index (κ3) is 4.04. The number of ether oxygens (including phenoxy) is 2. The predicted molar refractivity (Wildman–Crippen MR) is 127 cm³/mol. The summed E-state index contributed by atoms with van der Waals surface area (Å²) in [4.78, 5) is 27.6. The summed E-state index contributed by atoms with van der Waals surface area (Å²) < 4.78 is 12.3. The van der Waals surface area contributed by atoms with Crippen LogP contribution in [0.4, 0.5) is 11.5 Å². The Morgan fingerprint density at radius 2 is 1.85 bits per heavy atom. The molecule has 0 bridgehead atoms. The first kappa shape index (κ1) is 21.4. The van der Waals surface area contributed by atoms with E-state index >= 15 is 0 Å². The standard InChI is InChI=1S/C24H24N4O4S/c1-31-18-8-6-16(7-9-18)28-23(20-13-33-14-21(20)26-28)25-24(30)15-10-22(29)27(12-15)17-4-3-5-19(11-17)32-2/h3-9,11,15H,10,12-14H2,1-2H3,(H,25,30). The van der Waals surface area contributed by atoms with Gasteiger partial charge in [-0.05, 0) is 36.4 Å². The minimum atomic E-state index is -0.451. The molecule has 0 aliphatic carbocycles. The zero-order valence-corrected chi connectivity index (χ0v) is 19.2. The summed E-state index contributed by atoms with van der Waals surface area (Å²) >= 11 is 1.77. The Labute approximate surface area is 195 Å². The van der Waals surface area contributed by atoms with E-state index in [1.165, 1.54) is 0 Å². The molecule has 1 saturated heterocycles. The first-order valence-electron chi connectivity index (χ1n) is 10.7. The number of hydrogen-bond acceptors (Lipinski definition) is 6. The monoisotopic (exact) mass is 464 g/mol. The van der Waals surface area contributed by atoms with Gasteiger partial charge in [-0.25, -0.2) is 4.68 Å². The van der Waals surface area contributed by atoms with Gasteiger partial charge in [-0.15, -0.1) is 0 Å². The second-order valence-corrected chi connectivity index (χ2v) is 8.96. The van der Waals surface area contributed by atoms with Crippen molar-refractivity contribution in [2.24, 2.45) is 5.92 Å². The Balaban J connectivity index is 1.38. The molecule has 3 aromatic rings. The maximum Gasteiger partial charge on any atom is 0.230 e. The fourth-order valence-corrected chi connectivity index (χ4v) is 5.22. The number of anilines is 2. The van der Waals surface area contributed by atoms with Gasteiger partial charge in [0.1, 0.15) is 17.3 Å². The Morgan fingerprint density at radius 1 is 1.06 bits per heavy atom. The summed E-state index contributed by atoms with van der Waals surface area (Å²) in [5.74, 6) is 3.00. The second-order valence-electron chi connectivity index (χ2n) is 7.97. The SMILES string of the molecule is COc1ccc(-n2nc3c(c2NC(=O)C2CC(=O)N(c4cccc(OC)c4)C2)CSC3)cc1. The molecular weight excluding hydrogens is 440 g/mol. The lowest BCUT2D eigenvalue weighted by molar-refractivity contribution is -0.122. The quantitative estimate of drug-likeness (QED) is 0.600. The normalized spacial score (nSPS) is 17.2. The molecule has 0 radical (unpaired) electrons. The Kier molecular flexibility index (Phi) is 5.72. The zero-order valence-electron chi connectivity index (χ0n) is 18.4. The van der Waals surface area contributed by atoms with Gasteiger partial charge in [-0.1, -0.05) is 6.07 Å². The van der Waals surface area contributed by atoms with Crippen LogP contribution in [0.1, 0.15) is 17.7 Å². The summed E-state index contributed by atoms with van der Waals surface area (Å²) in [6.45, 7) is 0.325. The van der Waals surface area contributed by atoms with E-state index in [1.807, 2.05) is 42.5 Å². The maximum atomic E-state index is 13.3. The average molecular weight is 465 g/mol. The summed E-state index contributed by atoms with van der Waals surface area (Å²) in [5, 5.41) is 7.83. The third-order valence-electron chi connectivity index (χ3n) is 5.97. The van der Waals surface area contributed by atoms with Gasteiger partial charge in [0.2, 0.25) is 11.8 Å². The molecule has 1 atom stereocenters. The van der Waals surface area contributed by atoms with Crippen LogP contribution in [0, 0.1) is 5.92 Å². The topological polar surface area (TPSA) is 85.7 Å². The van der Waals surface area contributed by atoms with Gasteiger partial charge in [-0.2, -0.15) is 16.9 Å². The lowest BCUT2D eigenvalue weighted by Gasteiger charge is -2.18. The number of nitrogens with one attached hydrogen (secondary N) is 1. The Morgan fingerprint density at radius 3 is 2.61 bits per heavy atom. The Hall–Kier alpha value is -3.46. The van der Waals surface area contributed by atoms with E-state index < -0.39 is 5.92 Å². The van der Waals surface area contributed by atoms with Gasteiger partial charge in [-0.3, -0.25) is 9.59 Å². The lowest BCUT2D eigenvalue weighted by atomic mass is 10.1. The van der Waals surface area contributed by atoms with E-state index in [0.717, 1.165) is 39.9 Å². The van der Waals surface area contributed by atoms with E-state index in [4.69, 9.17) is 14.6 Å². The molecule has 0 saturated carbocycles. The molecule has 3 heterocycles. The molecule has 170 valence electrons. The highest BCUT2D eigenvalue weighted by molar-refractivity contribution is 7.98. The molecule has 2 aliphatic rings.